The average molecular weight is 437 g/mol. The van der Waals surface area contributed by atoms with Crippen molar-refractivity contribution >= 4 is 23.2 Å². The Morgan fingerprint density at radius 3 is 2.48 bits per heavy atom. The molecule has 2 N–H and O–H groups in total. The van der Waals surface area contributed by atoms with Crippen LogP contribution in [0.1, 0.15) is 33.8 Å². The molecule has 6 nitrogen and oxygen atoms in total. The predicted octanol–water partition coefficient (Wildman–Crippen LogP) is 3.74. The average Bonchev–Trinajstić information content (AvgIpc) is 3.34. The highest BCUT2D eigenvalue weighted by Gasteiger charge is 2.24. The van der Waals surface area contributed by atoms with E-state index >= 15 is 0 Å². The first kappa shape index (κ1) is 20.9. The van der Waals surface area contributed by atoms with Crippen molar-refractivity contribution in [1.82, 2.24) is 10.6 Å². The zero-order valence-electron chi connectivity index (χ0n) is 17.2. The van der Waals surface area contributed by atoms with Crippen LogP contribution in [0, 0.1) is 0 Å². The second-order valence-electron chi connectivity index (χ2n) is 7.33. The normalized spacial score (nSPS) is 14.4. The molecule has 1 aromatic heterocycles. The molecule has 2 unspecified atom stereocenters. The summed E-state index contributed by atoms with van der Waals surface area (Å²) < 4.78 is 11.2. The molecule has 0 radical (unpaired) electrons. The maximum Gasteiger partial charge on any atom is 0.262 e. The first-order chi connectivity index (χ1) is 15.1. The Morgan fingerprint density at radius 2 is 1.74 bits per heavy atom. The molecule has 0 fully saturated rings. The molecule has 2 heterocycles. The van der Waals surface area contributed by atoms with Gasteiger partial charge in [0.2, 0.25) is 5.91 Å². The fourth-order valence-electron chi connectivity index (χ4n) is 3.42. The van der Waals surface area contributed by atoms with E-state index in [-0.39, 0.29) is 17.9 Å². The van der Waals surface area contributed by atoms with Crippen molar-refractivity contribution in [2.45, 2.75) is 25.4 Å². The van der Waals surface area contributed by atoms with Crippen LogP contribution in [0.4, 0.5) is 0 Å². The van der Waals surface area contributed by atoms with Gasteiger partial charge in [0.15, 0.2) is 11.5 Å². The molecule has 4 rings (SSSR count). The summed E-state index contributed by atoms with van der Waals surface area (Å²) in [6.07, 6.45) is 0.400. The summed E-state index contributed by atoms with van der Waals surface area (Å²) in [5, 5.41) is 7.75. The molecule has 0 saturated carbocycles. The number of rotatable bonds is 7. The lowest BCUT2D eigenvalue weighted by Gasteiger charge is -2.23. The number of fused-ring (bicyclic) bond motifs is 1. The van der Waals surface area contributed by atoms with Gasteiger partial charge in [-0.05, 0) is 41.6 Å². The van der Waals surface area contributed by atoms with Crippen LogP contribution >= 0.6 is 11.3 Å². The second-order valence-corrected chi connectivity index (χ2v) is 8.27. The van der Waals surface area contributed by atoms with E-state index in [1.807, 2.05) is 66.9 Å². The highest BCUT2D eigenvalue weighted by atomic mass is 32.1. The predicted molar refractivity (Wildman–Crippen MR) is 120 cm³/mol. The number of hydrogen-bond donors (Lipinski definition) is 2. The highest BCUT2D eigenvalue weighted by molar-refractivity contribution is 7.12. The van der Waals surface area contributed by atoms with E-state index in [0.29, 0.717) is 36.0 Å². The summed E-state index contributed by atoms with van der Waals surface area (Å²) in [6, 6.07) is 17.9. The molecule has 31 heavy (non-hydrogen) atoms. The summed E-state index contributed by atoms with van der Waals surface area (Å²) >= 11 is 1.35. The third-order valence-corrected chi connectivity index (χ3v) is 5.94. The van der Waals surface area contributed by atoms with E-state index in [2.05, 4.69) is 10.6 Å². The number of nitrogens with one attached hydrogen (secondary N) is 2. The minimum absolute atomic E-state index is 0.240. The van der Waals surface area contributed by atoms with Crippen molar-refractivity contribution in [2.75, 3.05) is 13.2 Å². The van der Waals surface area contributed by atoms with Crippen molar-refractivity contribution < 1.29 is 19.1 Å². The van der Waals surface area contributed by atoms with Crippen LogP contribution in [0.15, 0.2) is 66.0 Å². The quantitative estimate of drug-likeness (QED) is 0.592. The van der Waals surface area contributed by atoms with Crippen LogP contribution < -0.4 is 20.1 Å². The van der Waals surface area contributed by atoms with Crippen molar-refractivity contribution in [1.29, 1.82) is 0 Å². The van der Waals surface area contributed by atoms with Gasteiger partial charge in [-0.3, -0.25) is 9.59 Å². The van der Waals surface area contributed by atoms with E-state index in [1.165, 1.54) is 11.3 Å². The molecule has 160 valence electrons. The monoisotopic (exact) mass is 436 g/mol. The van der Waals surface area contributed by atoms with E-state index in [1.54, 1.807) is 6.07 Å². The molecule has 2 amide bonds. The van der Waals surface area contributed by atoms with Gasteiger partial charge in [-0.1, -0.05) is 42.5 Å². The zero-order chi connectivity index (χ0) is 21.6. The number of carbonyl (C=O) groups is 2. The SMILES string of the molecule is CC(NC(=O)C(Cc1ccccc1)NC(=O)c1cccs1)c1ccc2c(c1)OCCO2. The van der Waals surface area contributed by atoms with Gasteiger partial charge < -0.3 is 20.1 Å². The maximum atomic E-state index is 13.1. The Labute approximate surface area is 185 Å². The van der Waals surface area contributed by atoms with Crippen LogP contribution in [-0.2, 0) is 11.2 Å². The summed E-state index contributed by atoms with van der Waals surface area (Å²) in [6.45, 7) is 2.94. The molecule has 2 atom stereocenters. The van der Waals surface area contributed by atoms with E-state index < -0.39 is 6.04 Å². The maximum absolute atomic E-state index is 13.1. The van der Waals surface area contributed by atoms with Gasteiger partial charge in [-0.2, -0.15) is 0 Å². The zero-order valence-corrected chi connectivity index (χ0v) is 18.0. The third kappa shape index (κ3) is 5.24. The van der Waals surface area contributed by atoms with Gasteiger partial charge in [0, 0.05) is 6.42 Å². The minimum Gasteiger partial charge on any atom is -0.486 e. The smallest absolute Gasteiger partial charge is 0.262 e. The van der Waals surface area contributed by atoms with Crippen LogP contribution in [0.2, 0.25) is 0 Å². The van der Waals surface area contributed by atoms with Crippen LogP contribution in [0.25, 0.3) is 0 Å². The summed E-state index contributed by atoms with van der Waals surface area (Å²) in [7, 11) is 0. The van der Waals surface area contributed by atoms with Gasteiger partial charge in [-0.15, -0.1) is 11.3 Å². The van der Waals surface area contributed by atoms with Crippen LogP contribution in [-0.4, -0.2) is 31.1 Å². The fourth-order valence-corrected chi connectivity index (χ4v) is 4.05. The number of ether oxygens (including phenoxy) is 2. The van der Waals surface area contributed by atoms with Crippen LogP contribution in [0.5, 0.6) is 11.5 Å². The molecule has 1 aliphatic rings. The summed E-state index contributed by atoms with van der Waals surface area (Å²) in [5.74, 6) is 0.893. The Bertz CT molecular complexity index is 1040. The molecule has 3 aromatic rings. The lowest BCUT2D eigenvalue weighted by atomic mass is 10.0. The molecule has 0 bridgehead atoms. The lowest BCUT2D eigenvalue weighted by Crippen LogP contribution is -2.48. The van der Waals surface area contributed by atoms with Gasteiger partial charge in [-0.25, -0.2) is 0 Å². The Morgan fingerprint density at radius 1 is 0.968 bits per heavy atom. The Balaban J connectivity index is 1.48. The van der Waals surface area contributed by atoms with Gasteiger partial charge in [0.05, 0.1) is 10.9 Å². The van der Waals surface area contributed by atoms with Gasteiger partial charge in [0.25, 0.3) is 5.91 Å². The topological polar surface area (TPSA) is 76.7 Å². The lowest BCUT2D eigenvalue weighted by molar-refractivity contribution is -0.123. The van der Waals surface area contributed by atoms with Gasteiger partial charge in [0.1, 0.15) is 19.3 Å². The molecule has 0 aliphatic carbocycles. The first-order valence-electron chi connectivity index (χ1n) is 10.2. The molecular weight excluding hydrogens is 412 g/mol. The largest absolute Gasteiger partial charge is 0.486 e. The van der Waals surface area contributed by atoms with Gasteiger partial charge >= 0.3 is 0 Å². The van der Waals surface area contributed by atoms with Crippen molar-refractivity contribution in [2.24, 2.45) is 0 Å². The number of carbonyl (C=O) groups excluding carboxylic acids is 2. The number of benzene rings is 2. The molecule has 0 saturated heterocycles. The van der Waals surface area contributed by atoms with Crippen LogP contribution in [0.3, 0.4) is 0 Å². The van der Waals surface area contributed by atoms with Crippen molar-refractivity contribution in [3.63, 3.8) is 0 Å². The molecular formula is C24H24N2O4S. The summed E-state index contributed by atoms with van der Waals surface area (Å²) in [4.78, 5) is 26.3. The number of hydrogen-bond acceptors (Lipinski definition) is 5. The van der Waals surface area contributed by atoms with Crippen molar-refractivity contribution in [3.05, 3.63) is 82.0 Å². The minimum atomic E-state index is -0.698. The fraction of sp³-hybridized carbons (Fsp3) is 0.250. The third-order valence-electron chi connectivity index (χ3n) is 5.07. The molecule has 7 heteroatoms. The summed E-state index contributed by atoms with van der Waals surface area (Å²) in [5.41, 5.74) is 1.88. The number of thiophene rings is 1. The standard InChI is InChI=1S/C24H24N2O4S/c1-16(18-9-10-20-21(15-18)30-12-11-29-20)25-23(27)19(14-17-6-3-2-4-7-17)26-24(28)22-8-5-13-31-22/h2-10,13,15-16,19H,11-12,14H2,1H3,(H,25,27)(H,26,28). The first-order valence-corrected chi connectivity index (χ1v) is 11.1. The molecule has 2 aromatic carbocycles. The van der Waals surface area contributed by atoms with E-state index in [9.17, 15) is 9.59 Å². The van der Waals surface area contributed by atoms with E-state index in [0.717, 1.165) is 11.1 Å². The Hall–Kier alpha value is -3.32. The molecule has 0 spiro atoms. The second kappa shape index (κ2) is 9.66. The Kier molecular flexibility index (Phi) is 6.52. The molecule has 1 aliphatic heterocycles. The number of amides is 2. The highest BCUT2D eigenvalue weighted by Crippen LogP contribution is 2.32. The van der Waals surface area contributed by atoms with E-state index in [4.69, 9.17) is 9.47 Å². The van der Waals surface area contributed by atoms with Crippen molar-refractivity contribution in [3.8, 4) is 11.5 Å².